The highest BCUT2D eigenvalue weighted by Gasteiger charge is 2.13. The molecule has 0 aliphatic rings. The highest BCUT2D eigenvalue weighted by molar-refractivity contribution is 14.0. The van der Waals surface area contributed by atoms with Crippen molar-refractivity contribution in [1.29, 1.82) is 0 Å². The first-order chi connectivity index (χ1) is 14.5. The normalized spacial score (nSPS) is 11.8. The predicted molar refractivity (Wildman–Crippen MR) is 135 cm³/mol. The number of rotatable bonds is 10. The molecule has 0 saturated carbocycles. The third-order valence-electron chi connectivity index (χ3n) is 4.46. The molecular formula is C23H34IN3O4. The van der Waals surface area contributed by atoms with Crippen LogP contribution in [-0.2, 0) is 6.54 Å². The lowest BCUT2D eigenvalue weighted by molar-refractivity contribution is 0.287. The summed E-state index contributed by atoms with van der Waals surface area (Å²) in [7, 11) is 1.60. The van der Waals surface area contributed by atoms with Gasteiger partial charge in [0.2, 0.25) is 0 Å². The fourth-order valence-electron chi connectivity index (χ4n) is 2.93. The molecule has 0 spiro atoms. The number of hydrogen-bond donors (Lipinski definition) is 3. The van der Waals surface area contributed by atoms with E-state index in [9.17, 15) is 5.11 Å². The van der Waals surface area contributed by atoms with Crippen LogP contribution in [0.5, 0.6) is 23.0 Å². The fourth-order valence-corrected chi connectivity index (χ4v) is 2.93. The molecule has 0 bridgehead atoms. The van der Waals surface area contributed by atoms with Crippen LogP contribution in [0.3, 0.4) is 0 Å². The van der Waals surface area contributed by atoms with E-state index in [2.05, 4.69) is 22.5 Å². The second-order valence-corrected chi connectivity index (χ2v) is 6.63. The van der Waals surface area contributed by atoms with Gasteiger partial charge in [0.05, 0.1) is 32.9 Å². The zero-order chi connectivity index (χ0) is 21.9. The van der Waals surface area contributed by atoms with Crippen molar-refractivity contribution in [3.8, 4) is 23.0 Å². The molecule has 2 aromatic rings. The molecule has 0 amide bonds. The Bertz CT molecular complexity index is 846. The lowest BCUT2D eigenvalue weighted by Crippen LogP contribution is -2.38. The number of phenolic OH excluding ortho intramolecular Hbond substituents is 1. The number of halogens is 1. The Balaban J connectivity index is 0.00000480. The van der Waals surface area contributed by atoms with Gasteiger partial charge in [0.15, 0.2) is 17.5 Å². The summed E-state index contributed by atoms with van der Waals surface area (Å²) in [6, 6.07) is 11.0. The molecule has 1 unspecified atom stereocenters. The summed E-state index contributed by atoms with van der Waals surface area (Å²) >= 11 is 0. The maximum atomic E-state index is 10.1. The van der Waals surface area contributed by atoms with Crippen molar-refractivity contribution < 1.29 is 19.3 Å². The molecule has 0 aliphatic carbocycles. The first-order valence-electron chi connectivity index (χ1n) is 10.3. The first-order valence-corrected chi connectivity index (χ1v) is 10.3. The van der Waals surface area contributed by atoms with Crippen molar-refractivity contribution in [3.05, 3.63) is 47.5 Å². The summed E-state index contributed by atoms with van der Waals surface area (Å²) < 4.78 is 16.6. The molecule has 2 aromatic carbocycles. The lowest BCUT2D eigenvalue weighted by Gasteiger charge is -2.20. The van der Waals surface area contributed by atoms with Gasteiger partial charge in [-0.25, -0.2) is 4.99 Å². The summed E-state index contributed by atoms with van der Waals surface area (Å²) in [4.78, 5) is 4.61. The lowest BCUT2D eigenvalue weighted by atomic mass is 10.1. The van der Waals surface area contributed by atoms with E-state index in [1.165, 1.54) is 0 Å². The molecule has 1 atom stereocenters. The number of guanidine groups is 1. The number of methoxy groups -OCH3 is 1. The second-order valence-electron chi connectivity index (χ2n) is 6.63. The van der Waals surface area contributed by atoms with E-state index in [1.54, 1.807) is 25.3 Å². The molecule has 3 N–H and O–H groups in total. The second kappa shape index (κ2) is 13.8. The van der Waals surface area contributed by atoms with Crippen molar-refractivity contribution in [2.45, 2.75) is 40.3 Å². The molecule has 0 saturated heterocycles. The monoisotopic (exact) mass is 543 g/mol. The Morgan fingerprint density at radius 1 is 1.03 bits per heavy atom. The van der Waals surface area contributed by atoms with Crippen LogP contribution in [0, 0.1) is 0 Å². The molecular weight excluding hydrogens is 509 g/mol. The number of nitrogens with one attached hydrogen (secondary N) is 2. The summed E-state index contributed by atoms with van der Waals surface area (Å²) in [5, 5.41) is 16.7. The van der Waals surface area contributed by atoms with Gasteiger partial charge in [-0.2, -0.15) is 0 Å². The van der Waals surface area contributed by atoms with Crippen LogP contribution in [-0.4, -0.2) is 37.9 Å². The van der Waals surface area contributed by atoms with E-state index in [-0.39, 0.29) is 35.8 Å². The average Bonchev–Trinajstić information content (AvgIpc) is 2.74. The number of hydrogen-bond acceptors (Lipinski definition) is 5. The van der Waals surface area contributed by atoms with Crippen LogP contribution < -0.4 is 24.8 Å². The fraction of sp³-hybridized carbons (Fsp3) is 0.435. The Morgan fingerprint density at radius 2 is 1.74 bits per heavy atom. The highest BCUT2D eigenvalue weighted by Crippen LogP contribution is 2.30. The van der Waals surface area contributed by atoms with E-state index >= 15 is 0 Å². The van der Waals surface area contributed by atoms with Crippen molar-refractivity contribution in [3.63, 3.8) is 0 Å². The quantitative estimate of drug-likeness (QED) is 0.230. The van der Waals surface area contributed by atoms with Gasteiger partial charge >= 0.3 is 0 Å². The minimum absolute atomic E-state index is 0. The van der Waals surface area contributed by atoms with Gasteiger partial charge in [-0.15, -0.1) is 24.0 Å². The smallest absolute Gasteiger partial charge is 0.192 e. The molecule has 0 heterocycles. The number of benzene rings is 2. The maximum Gasteiger partial charge on any atom is 0.192 e. The molecule has 172 valence electrons. The minimum Gasteiger partial charge on any atom is -0.508 e. The number of aliphatic imine (C=N–C) groups is 1. The third-order valence-corrected chi connectivity index (χ3v) is 4.46. The van der Waals surface area contributed by atoms with Gasteiger partial charge in [-0.1, -0.05) is 6.07 Å². The van der Waals surface area contributed by atoms with E-state index < -0.39 is 0 Å². The Labute approximate surface area is 202 Å². The van der Waals surface area contributed by atoms with Crippen LogP contribution in [0.25, 0.3) is 0 Å². The maximum absolute atomic E-state index is 10.1. The first kappa shape index (κ1) is 26.7. The molecule has 7 nitrogen and oxygen atoms in total. The summed E-state index contributed by atoms with van der Waals surface area (Å²) in [5.74, 6) is 3.00. The van der Waals surface area contributed by atoms with Gasteiger partial charge in [0, 0.05) is 12.1 Å². The summed E-state index contributed by atoms with van der Waals surface area (Å²) in [5.41, 5.74) is 1.75. The minimum atomic E-state index is -0.0170. The number of aromatic hydroxyl groups is 1. The van der Waals surface area contributed by atoms with Gasteiger partial charge < -0.3 is 30.0 Å². The largest absolute Gasteiger partial charge is 0.508 e. The predicted octanol–water partition coefficient (Wildman–Crippen LogP) is 4.63. The number of ether oxygens (including phenoxy) is 3. The van der Waals surface area contributed by atoms with E-state index in [0.717, 1.165) is 23.6 Å². The zero-order valence-corrected chi connectivity index (χ0v) is 21.2. The van der Waals surface area contributed by atoms with Crippen molar-refractivity contribution in [1.82, 2.24) is 10.6 Å². The van der Waals surface area contributed by atoms with Crippen LogP contribution in [0.1, 0.15) is 44.9 Å². The molecule has 0 fully saturated rings. The Morgan fingerprint density at radius 3 is 2.39 bits per heavy atom. The van der Waals surface area contributed by atoms with Crippen LogP contribution in [0.2, 0.25) is 0 Å². The van der Waals surface area contributed by atoms with Crippen LogP contribution in [0.4, 0.5) is 0 Å². The van der Waals surface area contributed by atoms with Crippen molar-refractivity contribution >= 4 is 29.9 Å². The molecule has 0 aliphatic heterocycles. The third kappa shape index (κ3) is 8.01. The molecule has 31 heavy (non-hydrogen) atoms. The zero-order valence-electron chi connectivity index (χ0n) is 18.9. The van der Waals surface area contributed by atoms with E-state index in [4.69, 9.17) is 14.2 Å². The van der Waals surface area contributed by atoms with Gasteiger partial charge in [-0.3, -0.25) is 0 Å². The Hall–Kier alpha value is -2.36. The Kier molecular flexibility index (Phi) is 11.9. The molecule has 2 rings (SSSR count). The van der Waals surface area contributed by atoms with E-state index in [1.807, 2.05) is 39.0 Å². The topological polar surface area (TPSA) is 84.3 Å². The average molecular weight is 543 g/mol. The van der Waals surface area contributed by atoms with Gasteiger partial charge in [0.1, 0.15) is 11.5 Å². The summed E-state index contributed by atoms with van der Waals surface area (Å²) in [6.45, 7) is 10.2. The van der Waals surface area contributed by atoms with Crippen molar-refractivity contribution in [2.24, 2.45) is 4.99 Å². The van der Waals surface area contributed by atoms with Crippen LogP contribution >= 0.6 is 24.0 Å². The van der Waals surface area contributed by atoms with Gasteiger partial charge in [0.25, 0.3) is 0 Å². The van der Waals surface area contributed by atoms with Crippen LogP contribution in [0.15, 0.2) is 41.4 Å². The van der Waals surface area contributed by atoms with Crippen molar-refractivity contribution in [2.75, 3.05) is 26.9 Å². The SMILES string of the molecule is CCNC(=NCc1cc(OC)ccc1O)NC(C)c1ccc(OCC)c(OCC)c1.I. The molecule has 0 radical (unpaired) electrons. The molecule has 0 aromatic heterocycles. The van der Waals surface area contributed by atoms with Gasteiger partial charge in [-0.05, 0) is 63.6 Å². The van der Waals surface area contributed by atoms with E-state index in [0.29, 0.717) is 37.0 Å². The standard InChI is InChI=1S/C23H33N3O4.HI/c1-6-24-23(25-15-18-13-19(28-5)10-11-20(18)27)26-16(4)17-9-12-21(29-7-2)22(14-17)30-8-3;/h9-14,16,27H,6-8,15H2,1-5H3,(H2,24,25,26);1H. The number of nitrogens with zero attached hydrogens (tertiary/aromatic N) is 1. The number of phenols is 1. The summed E-state index contributed by atoms with van der Waals surface area (Å²) in [6.07, 6.45) is 0. The molecule has 8 heteroatoms. The highest BCUT2D eigenvalue weighted by atomic mass is 127.